The van der Waals surface area contributed by atoms with Gasteiger partial charge in [0.05, 0.1) is 17.1 Å². The van der Waals surface area contributed by atoms with Crippen molar-refractivity contribution in [3.05, 3.63) is 50.6 Å². The lowest BCUT2D eigenvalue weighted by molar-refractivity contribution is -0.133. The predicted molar refractivity (Wildman–Crippen MR) is 102 cm³/mol. The average molecular weight is 397 g/mol. The fraction of sp³-hybridized carbons (Fsp3) is 0.333. The number of benzene rings is 1. The third-order valence-corrected chi connectivity index (χ3v) is 5.74. The van der Waals surface area contributed by atoms with Crippen molar-refractivity contribution in [2.24, 2.45) is 5.92 Å². The zero-order valence-electron chi connectivity index (χ0n) is 13.5. The molecule has 1 aromatic carbocycles. The van der Waals surface area contributed by atoms with E-state index in [1.165, 1.54) is 0 Å². The van der Waals surface area contributed by atoms with E-state index in [-0.39, 0.29) is 17.7 Å². The number of rotatable bonds is 4. The standard InChI is InChI=1S/C18H18Cl2N2O2S/c19-13-3-4-16(15(20)10-13)21-18(24)12-5-7-22(8-6-12)17(23)11-14-2-1-9-25-14/h1-4,9-10,12H,5-8,11H2,(H,21,24). The minimum atomic E-state index is -0.113. The number of amides is 2. The minimum Gasteiger partial charge on any atom is -0.342 e. The Morgan fingerprint density at radius 2 is 1.96 bits per heavy atom. The molecular weight excluding hydrogens is 379 g/mol. The van der Waals surface area contributed by atoms with E-state index >= 15 is 0 Å². The quantitative estimate of drug-likeness (QED) is 0.828. The van der Waals surface area contributed by atoms with E-state index < -0.39 is 0 Å². The van der Waals surface area contributed by atoms with Crippen molar-refractivity contribution >= 4 is 52.0 Å². The number of thiophene rings is 1. The van der Waals surface area contributed by atoms with Crippen LogP contribution in [-0.2, 0) is 16.0 Å². The first kappa shape index (κ1) is 18.2. The van der Waals surface area contributed by atoms with Crippen LogP contribution in [-0.4, -0.2) is 29.8 Å². The van der Waals surface area contributed by atoms with Gasteiger partial charge < -0.3 is 10.2 Å². The summed E-state index contributed by atoms with van der Waals surface area (Å²) in [5, 5.41) is 5.78. The van der Waals surface area contributed by atoms with Gasteiger partial charge in [-0.2, -0.15) is 0 Å². The van der Waals surface area contributed by atoms with Gasteiger partial charge >= 0.3 is 0 Å². The van der Waals surface area contributed by atoms with E-state index in [0.717, 1.165) is 4.88 Å². The highest BCUT2D eigenvalue weighted by Gasteiger charge is 2.27. The molecule has 1 N–H and O–H groups in total. The van der Waals surface area contributed by atoms with Gasteiger partial charge in [-0.05, 0) is 42.5 Å². The number of carbonyl (C=O) groups is 2. The monoisotopic (exact) mass is 396 g/mol. The van der Waals surface area contributed by atoms with Crippen LogP contribution in [0.25, 0.3) is 0 Å². The summed E-state index contributed by atoms with van der Waals surface area (Å²) < 4.78 is 0. The van der Waals surface area contributed by atoms with Crippen LogP contribution >= 0.6 is 34.5 Å². The van der Waals surface area contributed by atoms with Crippen molar-refractivity contribution in [2.45, 2.75) is 19.3 Å². The van der Waals surface area contributed by atoms with Gasteiger partial charge in [-0.25, -0.2) is 0 Å². The molecule has 7 heteroatoms. The maximum atomic E-state index is 12.4. The number of likely N-dealkylation sites (tertiary alicyclic amines) is 1. The molecule has 132 valence electrons. The Labute approximate surface area is 160 Å². The Kier molecular flexibility index (Phi) is 5.99. The Morgan fingerprint density at radius 3 is 2.60 bits per heavy atom. The Hall–Kier alpha value is -1.56. The Balaban J connectivity index is 1.51. The van der Waals surface area contributed by atoms with Crippen molar-refractivity contribution in [1.29, 1.82) is 0 Å². The number of hydrogen-bond donors (Lipinski definition) is 1. The van der Waals surface area contributed by atoms with Gasteiger partial charge in [0.25, 0.3) is 0 Å². The molecule has 0 unspecified atom stereocenters. The second-order valence-corrected chi connectivity index (χ2v) is 7.90. The first-order valence-electron chi connectivity index (χ1n) is 8.09. The number of piperidine rings is 1. The first-order chi connectivity index (χ1) is 12.0. The number of halogens is 2. The van der Waals surface area contributed by atoms with Gasteiger partial charge in [0.2, 0.25) is 11.8 Å². The summed E-state index contributed by atoms with van der Waals surface area (Å²) in [7, 11) is 0. The van der Waals surface area contributed by atoms with E-state index in [9.17, 15) is 9.59 Å². The second-order valence-electron chi connectivity index (χ2n) is 6.02. The molecule has 1 aliphatic heterocycles. The minimum absolute atomic E-state index is 0.0606. The smallest absolute Gasteiger partial charge is 0.227 e. The number of hydrogen-bond acceptors (Lipinski definition) is 3. The maximum absolute atomic E-state index is 12.4. The van der Waals surface area contributed by atoms with Crippen LogP contribution in [0.2, 0.25) is 10.0 Å². The summed E-state index contributed by atoms with van der Waals surface area (Å²) in [5.41, 5.74) is 0.562. The van der Waals surface area contributed by atoms with Crippen LogP contribution in [0.5, 0.6) is 0 Å². The van der Waals surface area contributed by atoms with Crippen molar-refractivity contribution in [3.8, 4) is 0 Å². The molecule has 0 aliphatic carbocycles. The lowest BCUT2D eigenvalue weighted by atomic mass is 9.95. The molecule has 2 heterocycles. The van der Waals surface area contributed by atoms with Crippen molar-refractivity contribution < 1.29 is 9.59 Å². The second kappa shape index (κ2) is 8.21. The molecule has 4 nitrogen and oxygen atoms in total. The molecule has 1 aliphatic rings. The highest BCUT2D eigenvalue weighted by Crippen LogP contribution is 2.27. The summed E-state index contributed by atoms with van der Waals surface area (Å²) in [6.07, 6.45) is 1.76. The van der Waals surface area contributed by atoms with Crippen LogP contribution in [0.15, 0.2) is 35.7 Å². The number of anilines is 1. The maximum Gasteiger partial charge on any atom is 0.227 e. The molecule has 0 atom stereocenters. The first-order valence-corrected chi connectivity index (χ1v) is 9.72. The molecule has 0 bridgehead atoms. The summed E-state index contributed by atoms with van der Waals surface area (Å²) >= 11 is 13.5. The van der Waals surface area contributed by atoms with Crippen LogP contribution in [0.1, 0.15) is 17.7 Å². The van der Waals surface area contributed by atoms with E-state index in [4.69, 9.17) is 23.2 Å². The molecule has 0 spiro atoms. The largest absolute Gasteiger partial charge is 0.342 e. The topological polar surface area (TPSA) is 49.4 Å². The normalized spacial score (nSPS) is 15.2. The highest BCUT2D eigenvalue weighted by atomic mass is 35.5. The molecule has 2 aromatic rings. The van der Waals surface area contributed by atoms with Gasteiger partial charge in [-0.3, -0.25) is 9.59 Å². The molecule has 1 aromatic heterocycles. The number of nitrogens with zero attached hydrogens (tertiary/aromatic N) is 1. The zero-order chi connectivity index (χ0) is 17.8. The Bertz CT molecular complexity index is 756. The van der Waals surface area contributed by atoms with Gasteiger partial charge in [-0.15, -0.1) is 11.3 Å². The molecule has 1 fully saturated rings. The van der Waals surface area contributed by atoms with Crippen molar-refractivity contribution in [1.82, 2.24) is 4.90 Å². The van der Waals surface area contributed by atoms with Gasteiger partial charge in [0.1, 0.15) is 0 Å². The SMILES string of the molecule is O=C(Nc1ccc(Cl)cc1Cl)C1CCN(C(=O)Cc2cccs2)CC1. The molecule has 25 heavy (non-hydrogen) atoms. The summed E-state index contributed by atoms with van der Waals surface area (Å²) in [6.45, 7) is 1.22. The third kappa shape index (κ3) is 4.75. The Morgan fingerprint density at radius 1 is 1.20 bits per heavy atom. The summed E-state index contributed by atoms with van der Waals surface area (Å²) in [4.78, 5) is 27.7. The zero-order valence-corrected chi connectivity index (χ0v) is 15.8. The molecular formula is C18H18Cl2N2O2S. The summed E-state index contributed by atoms with van der Waals surface area (Å²) in [6, 6.07) is 8.91. The number of nitrogens with one attached hydrogen (secondary N) is 1. The fourth-order valence-electron chi connectivity index (χ4n) is 2.89. The van der Waals surface area contributed by atoms with Crippen LogP contribution in [0, 0.1) is 5.92 Å². The molecule has 2 amide bonds. The molecule has 0 radical (unpaired) electrons. The van der Waals surface area contributed by atoms with E-state index in [1.807, 2.05) is 22.4 Å². The van der Waals surface area contributed by atoms with Crippen LogP contribution in [0.3, 0.4) is 0 Å². The lowest BCUT2D eigenvalue weighted by Gasteiger charge is -2.31. The van der Waals surface area contributed by atoms with Crippen LogP contribution in [0.4, 0.5) is 5.69 Å². The van der Waals surface area contributed by atoms with Crippen molar-refractivity contribution in [2.75, 3.05) is 18.4 Å². The van der Waals surface area contributed by atoms with E-state index in [2.05, 4.69) is 5.32 Å². The number of carbonyl (C=O) groups excluding carboxylic acids is 2. The average Bonchev–Trinajstić information content (AvgIpc) is 3.10. The highest BCUT2D eigenvalue weighted by molar-refractivity contribution is 7.10. The molecule has 3 rings (SSSR count). The summed E-state index contributed by atoms with van der Waals surface area (Å²) in [5.74, 6) is -0.0471. The third-order valence-electron chi connectivity index (χ3n) is 4.31. The van der Waals surface area contributed by atoms with Gasteiger partial charge in [0.15, 0.2) is 0 Å². The van der Waals surface area contributed by atoms with Gasteiger partial charge in [-0.1, -0.05) is 29.3 Å². The van der Waals surface area contributed by atoms with E-state index in [1.54, 1.807) is 29.5 Å². The van der Waals surface area contributed by atoms with Crippen molar-refractivity contribution in [3.63, 3.8) is 0 Å². The van der Waals surface area contributed by atoms with Gasteiger partial charge in [0, 0.05) is 28.9 Å². The van der Waals surface area contributed by atoms with E-state index in [0.29, 0.717) is 48.1 Å². The lowest BCUT2D eigenvalue weighted by Crippen LogP contribution is -2.42. The predicted octanol–water partition coefficient (Wildman–Crippen LogP) is 4.47. The van der Waals surface area contributed by atoms with Crippen LogP contribution < -0.4 is 5.32 Å². The molecule has 1 saturated heterocycles. The fourth-order valence-corrected chi connectivity index (χ4v) is 4.04. The molecule has 0 saturated carbocycles.